The molecule has 2 fully saturated rings. The van der Waals surface area contributed by atoms with Gasteiger partial charge in [-0.25, -0.2) is 0 Å². The van der Waals surface area contributed by atoms with Crippen molar-refractivity contribution < 1.29 is 9.53 Å². The topological polar surface area (TPSA) is 26.3 Å². The van der Waals surface area contributed by atoms with Gasteiger partial charge in [0.2, 0.25) is 0 Å². The van der Waals surface area contributed by atoms with E-state index in [0.29, 0.717) is 17.8 Å². The molecule has 2 aliphatic carbocycles. The highest BCUT2D eigenvalue weighted by atomic mass is 16.5. The normalized spacial score (nSPS) is 35.0. The number of carbonyl (C=O) groups is 1. The Kier molecular flexibility index (Phi) is 3.36. The second kappa shape index (κ2) is 4.60. The molecule has 0 radical (unpaired) electrons. The van der Waals surface area contributed by atoms with Crippen LogP contribution in [0.4, 0.5) is 0 Å². The molecule has 2 aliphatic rings. The average molecular weight is 222 g/mol. The Balaban J connectivity index is 2.07. The van der Waals surface area contributed by atoms with Gasteiger partial charge in [0.25, 0.3) is 0 Å². The minimum absolute atomic E-state index is 0.00245. The Hall–Kier alpha value is -0.790. The molecule has 2 rings (SSSR count). The van der Waals surface area contributed by atoms with E-state index in [-0.39, 0.29) is 11.9 Å². The summed E-state index contributed by atoms with van der Waals surface area (Å²) in [5.41, 5.74) is 1.56. The van der Waals surface area contributed by atoms with Crippen molar-refractivity contribution in [1.82, 2.24) is 0 Å². The van der Waals surface area contributed by atoms with Crippen LogP contribution >= 0.6 is 0 Å². The fourth-order valence-corrected chi connectivity index (χ4v) is 3.28. The number of methoxy groups -OCH3 is 1. The number of hydrogen-bond donors (Lipinski definition) is 0. The van der Waals surface area contributed by atoms with E-state index in [1.807, 2.05) is 0 Å². The van der Waals surface area contributed by atoms with Gasteiger partial charge in [0.05, 0.1) is 13.0 Å². The molecule has 0 heterocycles. The zero-order valence-electron chi connectivity index (χ0n) is 10.5. The van der Waals surface area contributed by atoms with E-state index in [4.69, 9.17) is 4.74 Å². The third kappa shape index (κ3) is 2.02. The van der Waals surface area contributed by atoms with Crippen molar-refractivity contribution in [2.45, 2.75) is 39.5 Å². The predicted octanol–water partition coefficient (Wildman–Crippen LogP) is 3.18. The molecule has 0 N–H and O–H groups in total. The van der Waals surface area contributed by atoms with Crippen molar-refractivity contribution in [3.8, 4) is 0 Å². The second-order valence-corrected chi connectivity index (χ2v) is 5.58. The van der Waals surface area contributed by atoms with Crippen LogP contribution in [0.15, 0.2) is 11.6 Å². The lowest BCUT2D eigenvalue weighted by Gasteiger charge is -2.18. The van der Waals surface area contributed by atoms with Crippen LogP contribution in [0, 0.1) is 23.7 Å². The summed E-state index contributed by atoms with van der Waals surface area (Å²) in [7, 11) is 1.51. The first-order valence-corrected chi connectivity index (χ1v) is 6.41. The van der Waals surface area contributed by atoms with Crippen molar-refractivity contribution in [2.24, 2.45) is 23.7 Å². The summed E-state index contributed by atoms with van der Waals surface area (Å²) in [6.07, 6.45) is 7.05. The van der Waals surface area contributed by atoms with Gasteiger partial charge in [-0.2, -0.15) is 0 Å². The number of fused-ring (bicyclic) bond motifs is 2. The van der Waals surface area contributed by atoms with Gasteiger partial charge in [-0.15, -0.1) is 0 Å². The van der Waals surface area contributed by atoms with E-state index < -0.39 is 0 Å². The minimum atomic E-state index is 0.00245. The summed E-state index contributed by atoms with van der Waals surface area (Å²) in [6, 6.07) is 0. The average Bonchev–Trinajstić information content (AvgIpc) is 2.81. The summed E-state index contributed by atoms with van der Waals surface area (Å²) >= 11 is 0. The van der Waals surface area contributed by atoms with Crippen LogP contribution in [0.3, 0.4) is 0 Å². The van der Waals surface area contributed by atoms with E-state index in [0.717, 1.165) is 12.8 Å². The molecule has 0 saturated heterocycles. The van der Waals surface area contributed by atoms with Crippen molar-refractivity contribution in [3.05, 3.63) is 11.6 Å². The Morgan fingerprint density at radius 2 is 2.25 bits per heavy atom. The molecule has 0 aromatic heterocycles. The molecule has 2 bridgehead atoms. The van der Waals surface area contributed by atoms with Crippen LogP contribution in [-0.4, -0.2) is 13.1 Å². The zero-order valence-corrected chi connectivity index (χ0v) is 10.5. The van der Waals surface area contributed by atoms with Crippen molar-refractivity contribution >= 4 is 5.97 Å². The second-order valence-electron chi connectivity index (χ2n) is 5.58. The van der Waals surface area contributed by atoms with Gasteiger partial charge < -0.3 is 4.74 Å². The molecule has 2 heteroatoms. The molecule has 2 nitrogen and oxygen atoms in total. The van der Waals surface area contributed by atoms with E-state index in [1.54, 1.807) is 5.57 Å². The Labute approximate surface area is 98.1 Å². The number of ether oxygens (including phenoxy) is 1. The minimum Gasteiger partial charge on any atom is -0.469 e. The molecule has 90 valence electrons. The number of carbonyl (C=O) groups excluding carboxylic acids is 1. The summed E-state index contributed by atoms with van der Waals surface area (Å²) in [5, 5.41) is 0. The predicted molar refractivity (Wildman–Crippen MR) is 63.9 cm³/mol. The van der Waals surface area contributed by atoms with Crippen LogP contribution < -0.4 is 0 Å². The Bertz CT molecular complexity index is 304. The maximum absolute atomic E-state index is 11.6. The smallest absolute Gasteiger partial charge is 0.309 e. The monoisotopic (exact) mass is 222 g/mol. The van der Waals surface area contributed by atoms with Gasteiger partial charge in [0.15, 0.2) is 0 Å². The van der Waals surface area contributed by atoms with Crippen LogP contribution in [0.2, 0.25) is 0 Å². The molecule has 3 atom stereocenters. The van der Waals surface area contributed by atoms with Crippen molar-refractivity contribution in [1.29, 1.82) is 0 Å². The lowest BCUT2D eigenvalue weighted by Crippen LogP contribution is -2.22. The van der Waals surface area contributed by atoms with Crippen LogP contribution in [0.5, 0.6) is 0 Å². The number of rotatable bonds is 3. The van der Waals surface area contributed by atoms with Crippen molar-refractivity contribution in [3.63, 3.8) is 0 Å². The lowest BCUT2D eigenvalue weighted by molar-refractivity contribution is -0.147. The Morgan fingerprint density at radius 1 is 1.50 bits per heavy atom. The lowest BCUT2D eigenvalue weighted by atomic mass is 9.89. The molecule has 2 saturated carbocycles. The summed E-state index contributed by atoms with van der Waals surface area (Å²) in [5.74, 6) is 2.04. The van der Waals surface area contributed by atoms with Gasteiger partial charge in [-0.05, 0) is 43.4 Å². The van der Waals surface area contributed by atoms with Gasteiger partial charge in [-0.1, -0.05) is 25.5 Å². The summed E-state index contributed by atoms with van der Waals surface area (Å²) in [6.45, 7) is 4.48. The molecule has 0 amide bonds. The first kappa shape index (κ1) is 11.7. The van der Waals surface area contributed by atoms with E-state index in [9.17, 15) is 4.79 Å². The highest BCUT2D eigenvalue weighted by Gasteiger charge is 2.47. The largest absolute Gasteiger partial charge is 0.469 e. The maximum atomic E-state index is 11.6. The summed E-state index contributed by atoms with van der Waals surface area (Å²) in [4.78, 5) is 11.6. The quantitative estimate of drug-likeness (QED) is 0.541. The number of esters is 1. The summed E-state index contributed by atoms with van der Waals surface area (Å²) < 4.78 is 4.89. The van der Waals surface area contributed by atoms with Gasteiger partial charge in [0.1, 0.15) is 0 Å². The van der Waals surface area contributed by atoms with E-state index >= 15 is 0 Å². The maximum Gasteiger partial charge on any atom is 0.309 e. The van der Waals surface area contributed by atoms with Gasteiger partial charge in [0, 0.05) is 0 Å². The first-order valence-electron chi connectivity index (χ1n) is 6.41. The molecule has 0 aromatic carbocycles. The first-order chi connectivity index (χ1) is 7.63. The number of hydrogen-bond acceptors (Lipinski definition) is 2. The molecule has 0 spiro atoms. The molecule has 0 aliphatic heterocycles. The fraction of sp³-hybridized carbons (Fsp3) is 0.786. The van der Waals surface area contributed by atoms with E-state index in [2.05, 4.69) is 19.9 Å². The van der Waals surface area contributed by atoms with Crippen LogP contribution in [0.1, 0.15) is 39.5 Å². The highest BCUT2D eigenvalue weighted by Crippen LogP contribution is 2.52. The zero-order chi connectivity index (χ0) is 11.7. The SMILES string of the molecule is COC(=O)C1CC2CCC1C2=CCC(C)C. The molecule has 0 aromatic rings. The molecule has 3 unspecified atom stereocenters. The van der Waals surface area contributed by atoms with Crippen LogP contribution in [0.25, 0.3) is 0 Å². The molecular weight excluding hydrogens is 200 g/mol. The van der Waals surface area contributed by atoms with E-state index in [1.165, 1.54) is 20.0 Å². The van der Waals surface area contributed by atoms with Crippen LogP contribution in [-0.2, 0) is 9.53 Å². The number of allylic oxidation sites excluding steroid dienone is 2. The Morgan fingerprint density at radius 3 is 2.88 bits per heavy atom. The van der Waals surface area contributed by atoms with Gasteiger partial charge >= 0.3 is 5.97 Å². The third-order valence-corrected chi connectivity index (χ3v) is 4.08. The van der Waals surface area contributed by atoms with Crippen molar-refractivity contribution in [2.75, 3.05) is 7.11 Å². The standard InChI is InChI=1S/C14H22O2/c1-9(2)4-6-11-10-5-7-12(11)13(8-10)14(15)16-3/h6,9-10,12-13H,4-5,7-8H2,1-3H3. The fourth-order valence-electron chi connectivity index (χ4n) is 3.28. The highest BCUT2D eigenvalue weighted by molar-refractivity contribution is 5.74. The molecular formula is C14H22O2. The van der Waals surface area contributed by atoms with Gasteiger partial charge in [-0.3, -0.25) is 4.79 Å². The molecule has 16 heavy (non-hydrogen) atoms. The third-order valence-electron chi connectivity index (χ3n) is 4.08.